The Morgan fingerprint density at radius 3 is 2.40 bits per heavy atom. The van der Waals surface area contributed by atoms with E-state index in [4.69, 9.17) is 4.74 Å². The molecule has 3 heterocycles. The van der Waals surface area contributed by atoms with E-state index in [1.54, 1.807) is 18.5 Å². The summed E-state index contributed by atoms with van der Waals surface area (Å²) in [5.74, 6) is 0.988. The molecule has 0 saturated carbocycles. The fourth-order valence-corrected chi connectivity index (χ4v) is 4.01. The molecule has 4 heteroatoms. The molecule has 0 radical (unpaired) electrons. The first-order valence-electron chi connectivity index (χ1n) is 8.92. The summed E-state index contributed by atoms with van der Waals surface area (Å²) in [5, 5.41) is 0. The number of hydrogen-bond donors (Lipinski definition) is 0. The third kappa shape index (κ3) is 3.58. The van der Waals surface area contributed by atoms with Crippen LogP contribution in [-0.4, -0.2) is 34.0 Å². The van der Waals surface area contributed by atoms with Crippen molar-refractivity contribution in [3.63, 3.8) is 0 Å². The van der Waals surface area contributed by atoms with Crippen LogP contribution in [0.5, 0.6) is 5.75 Å². The molecule has 25 heavy (non-hydrogen) atoms. The van der Waals surface area contributed by atoms with Gasteiger partial charge in [-0.15, -0.1) is 0 Å². The van der Waals surface area contributed by atoms with Gasteiger partial charge in [-0.25, -0.2) is 0 Å². The lowest BCUT2D eigenvalue weighted by Crippen LogP contribution is -2.48. The Morgan fingerprint density at radius 2 is 1.72 bits per heavy atom. The minimum Gasteiger partial charge on any atom is -0.490 e. The van der Waals surface area contributed by atoms with Gasteiger partial charge in [0, 0.05) is 43.4 Å². The highest BCUT2D eigenvalue weighted by atomic mass is 16.5. The number of rotatable bonds is 4. The van der Waals surface area contributed by atoms with Crippen LogP contribution in [0.3, 0.4) is 0 Å². The van der Waals surface area contributed by atoms with Gasteiger partial charge < -0.3 is 9.64 Å². The smallest absolute Gasteiger partial charge is 0.247 e. The summed E-state index contributed by atoms with van der Waals surface area (Å²) in [6.45, 7) is 0. The van der Waals surface area contributed by atoms with Crippen molar-refractivity contribution >= 4 is 12.0 Å². The monoisotopic (exact) mass is 334 g/mol. The number of piperidine rings is 1. The number of fused-ring (bicyclic) bond motifs is 2. The maximum atomic E-state index is 12.7. The summed E-state index contributed by atoms with van der Waals surface area (Å²) in [4.78, 5) is 18.8. The van der Waals surface area contributed by atoms with E-state index in [1.807, 2.05) is 48.5 Å². The number of carbonyl (C=O) groups excluding carboxylic acids is 1. The first kappa shape index (κ1) is 15.9. The molecule has 128 valence electrons. The molecule has 2 fully saturated rings. The Balaban J connectivity index is 1.40. The molecule has 0 spiro atoms. The lowest BCUT2D eigenvalue weighted by molar-refractivity contribution is -0.131. The molecule has 1 aromatic heterocycles. The van der Waals surface area contributed by atoms with E-state index in [2.05, 4.69) is 9.88 Å². The molecular weight excluding hydrogens is 312 g/mol. The average molecular weight is 334 g/mol. The molecule has 4 nitrogen and oxygen atoms in total. The summed E-state index contributed by atoms with van der Waals surface area (Å²) in [5.41, 5.74) is 1.05. The van der Waals surface area contributed by atoms with Crippen molar-refractivity contribution < 1.29 is 9.53 Å². The van der Waals surface area contributed by atoms with Crippen LogP contribution in [0.15, 0.2) is 60.9 Å². The summed E-state index contributed by atoms with van der Waals surface area (Å²) in [7, 11) is 0. The van der Waals surface area contributed by atoms with Crippen LogP contribution in [0.25, 0.3) is 6.08 Å². The summed E-state index contributed by atoms with van der Waals surface area (Å²) in [6, 6.07) is 14.3. The zero-order valence-electron chi connectivity index (χ0n) is 14.1. The standard InChI is InChI=1S/C21H22N2O2/c24-21(9-6-16-4-2-1-3-5-16)23-17-7-8-18(23)15-20(14-17)25-19-10-12-22-13-11-19/h1-6,9-13,17-18,20H,7-8,14-15H2/b9-6+. The fourth-order valence-electron chi connectivity index (χ4n) is 4.01. The van der Waals surface area contributed by atoms with E-state index < -0.39 is 0 Å². The van der Waals surface area contributed by atoms with Crippen LogP contribution < -0.4 is 4.74 Å². The molecule has 2 aliphatic rings. The third-order valence-electron chi connectivity index (χ3n) is 5.11. The van der Waals surface area contributed by atoms with Crippen LogP contribution in [0.2, 0.25) is 0 Å². The zero-order chi connectivity index (χ0) is 17.1. The van der Waals surface area contributed by atoms with Gasteiger partial charge in [0.2, 0.25) is 5.91 Å². The van der Waals surface area contributed by atoms with Gasteiger partial charge in [-0.1, -0.05) is 30.3 Å². The van der Waals surface area contributed by atoms with E-state index in [0.29, 0.717) is 12.1 Å². The molecule has 2 bridgehead atoms. The molecule has 2 aliphatic heterocycles. The predicted molar refractivity (Wildman–Crippen MR) is 97.0 cm³/mol. The molecule has 2 saturated heterocycles. The van der Waals surface area contributed by atoms with E-state index in [-0.39, 0.29) is 12.0 Å². The molecular formula is C21H22N2O2. The first-order chi connectivity index (χ1) is 12.3. The second-order valence-corrected chi connectivity index (χ2v) is 6.77. The van der Waals surface area contributed by atoms with Crippen molar-refractivity contribution in [2.24, 2.45) is 0 Å². The Labute approximate surface area is 148 Å². The van der Waals surface area contributed by atoms with Gasteiger partial charge in [-0.3, -0.25) is 9.78 Å². The Kier molecular flexibility index (Phi) is 4.51. The summed E-state index contributed by atoms with van der Waals surface area (Å²) < 4.78 is 6.10. The molecule has 2 unspecified atom stereocenters. The normalized spacial score (nSPS) is 25.3. The lowest BCUT2D eigenvalue weighted by atomic mass is 9.99. The van der Waals surface area contributed by atoms with Crippen molar-refractivity contribution in [3.05, 3.63) is 66.5 Å². The number of benzene rings is 1. The van der Waals surface area contributed by atoms with Gasteiger partial charge in [0.25, 0.3) is 0 Å². The van der Waals surface area contributed by atoms with E-state index in [0.717, 1.165) is 37.0 Å². The second kappa shape index (κ2) is 7.09. The van der Waals surface area contributed by atoms with Crippen LogP contribution in [0, 0.1) is 0 Å². The van der Waals surface area contributed by atoms with Crippen LogP contribution in [0.4, 0.5) is 0 Å². The highest BCUT2D eigenvalue weighted by Gasteiger charge is 2.43. The van der Waals surface area contributed by atoms with Gasteiger partial charge >= 0.3 is 0 Å². The third-order valence-corrected chi connectivity index (χ3v) is 5.11. The van der Waals surface area contributed by atoms with E-state index in [1.165, 1.54) is 0 Å². The largest absolute Gasteiger partial charge is 0.490 e. The molecule has 0 N–H and O–H groups in total. The van der Waals surface area contributed by atoms with Crippen molar-refractivity contribution in [3.8, 4) is 5.75 Å². The van der Waals surface area contributed by atoms with Crippen molar-refractivity contribution in [2.75, 3.05) is 0 Å². The summed E-state index contributed by atoms with van der Waals surface area (Å²) >= 11 is 0. The maximum Gasteiger partial charge on any atom is 0.247 e. The minimum absolute atomic E-state index is 0.124. The predicted octanol–water partition coefficient (Wildman–Crippen LogP) is 3.70. The number of hydrogen-bond acceptors (Lipinski definition) is 3. The fraction of sp³-hybridized carbons (Fsp3) is 0.333. The SMILES string of the molecule is O=C(/C=C/c1ccccc1)N1C2CCC1CC(Oc1ccncc1)C2. The molecule has 1 amide bonds. The van der Waals surface area contributed by atoms with E-state index >= 15 is 0 Å². The van der Waals surface area contributed by atoms with Gasteiger partial charge in [-0.2, -0.15) is 0 Å². The second-order valence-electron chi connectivity index (χ2n) is 6.77. The first-order valence-corrected chi connectivity index (χ1v) is 8.92. The Morgan fingerprint density at radius 1 is 1.04 bits per heavy atom. The summed E-state index contributed by atoms with van der Waals surface area (Å²) in [6.07, 6.45) is 11.3. The van der Waals surface area contributed by atoms with Crippen LogP contribution in [0.1, 0.15) is 31.2 Å². The quantitative estimate of drug-likeness (QED) is 0.801. The van der Waals surface area contributed by atoms with E-state index in [9.17, 15) is 4.79 Å². The number of nitrogens with zero attached hydrogens (tertiary/aromatic N) is 2. The maximum absolute atomic E-state index is 12.7. The molecule has 2 aromatic rings. The highest BCUT2D eigenvalue weighted by molar-refractivity contribution is 5.92. The highest BCUT2D eigenvalue weighted by Crippen LogP contribution is 2.37. The molecule has 0 aliphatic carbocycles. The van der Waals surface area contributed by atoms with Gasteiger partial charge in [0.05, 0.1) is 0 Å². The Hall–Kier alpha value is -2.62. The molecule has 4 rings (SSSR count). The topological polar surface area (TPSA) is 42.4 Å². The van der Waals surface area contributed by atoms with Crippen molar-refractivity contribution in [1.29, 1.82) is 0 Å². The minimum atomic E-state index is 0.124. The number of aromatic nitrogens is 1. The van der Waals surface area contributed by atoms with Crippen LogP contribution >= 0.6 is 0 Å². The van der Waals surface area contributed by atoms with Crippen LogP contribution in [-0.2, 0) is 4.79 Å². The van der Waals surface area contributed by atoms with Gasteiger partial charge in [-0.05, 0) is 36.6 Å². The van der Waals surface area contributed by atoms with Crippen molar-refractivity contribution in [1.82, 2.24) is 9.88 Å². The molecule has 2 atom stereocenters. The zero-order valence-corrected chi connectivity index (χ0v) is 14.1. The number of pyridine rings is 1. The Bertz CT molecular complexity index is 731. The number of carbonyl (C=O) groups is 1. The average Bonchev–Trinajstić information content (AvgIpc) is 2.92. The van der Waals surface area contributed by atoms with Gasteiger partial charge in [0.15, 0.2) is 0 Å². The number of amides is 1. The molecule has 1 aromatic carbocycles. The van der Waals surface area contributed by atoms with Crippen molar-refractivity contribution in [2.45, 2.75) is 43.9 Å². The van der Waals surface area contributed by atoms with Gasteiger partial charge in [0.1, 0.15) is 11.9 Å². The lowest BCUT2D eigenvalue weighted by Gasteiger charge is -2.38. The number of ether oxygens (including phenoxy) is 1.